The summed E-state index contributed by atoms with van der Waals surface area (Å²) in [5.74, 6) is 0. The Balaban J connectivity index is 1.29. The zero-order valence-electron chi connectivity index (χ0n) is 16.8. The van der Waals surface area contributed by atoms with Gasteiger partial charge in [-0.2, -0.15) is 0 Å². The van der Waals surface area contributed by atoms with Crippen LogP contribution in [0.15, 0.2) is 72.3 Å². The van der Waals surface area contributed by atoms with Crippen LogP contribution in [0.25, 0.3) is 0 Å². The molecule has 152 valence electrons. The van der Waals surface area contributed by atoms with Crippen LogP contribution in [0.4, 0.5) is 4.79 Å². The number of carbonyl (C=O) groups is 1. The molecule has 0 saturated carbocycles. The van der Waals surface area contributed by atoms with E-state index in [1.54, 1.807) is 0 Å². The Bertz CT molecular complexity index is 818. The highest BCUT2D eigenvalue weighted by Gasteiger charge is 2.38. The van der Waals surface area contributed by atoms with Crippen LogP contribution in [-0.2, 0) is 22.5 Å². The predicted octanol–water partition coefficient (Wildman–Crippen LogP) is 5.14. The lowest BCUT2D eigenvalue weighted by Gasteiger charge is -2.43. The van der Waals surface area contributed by atoms with Gasteiger partial charge in [0.1, 0.15) is 6.61 Å². The number of amides is 1. The van der Waals surface area contributed by atoms with Crippen LogP contribution in [0.3, 0.4) is 0 Å². The molecule has 2 unspecified atom stereocenters. The van der Waals surface area contributed by atoms with Crippen molar-refractivity contribution in [2.24, 2.45) is 0 Å². The number of rotatable bonds is 7. The molecule has 0 radical (unpaired) electrons. The van der Waals surface area contributed by atoms with Crippen molar-refractivity contribution >= 4 is 6.09 Å². The van der Waals surface area contributed by atoms with E-state index < -0.39 is 0 Å². The second-order valence-corrected chi connectivity index (χ2v) is 7.93. The van der Waals surface area contributed by atoms with Crippen molar-refractivity contribution in [2.75, 3.05) is 13.2 Å². The Morgan fingerprint density at radius 1 is 0.931 bits per heavy atom. The first kappa shape index (κ1) is 19.7. The van der Waals surface area contributed by atoms with Crippen molar-refractivity contribution < 1.29 is 14.3 Å². The van der Waals surface area contributed by atoms with E-state index in [-0.39, 0.29) is 18.2 Å². The van der Waals surface area contributed by atoms with Gasteiger partial charge in [0.2, 0.25) is 0 Å². The molecule has 0 spiro atoms. The number of unbranched alkanes of at least 4 members (excludes halogenated alkanes) is 1. The van der Waals surface area contributed by atoms with E-state index in [2.05, 4.69) is 36.4 Å². The molecule has 29 heavy (non-hydrogen) atoms. The second kappa shape index (κ2) is 9.75. The number of hydrogen-bond donors (Lipinski definition) is 0. The zero-order chi connectivity index (χ0) is 19.9. The Labute approximate surface area is 173 Å². The van der Waals surface area contributed by atoms with Gasteiger partial charge in [-0.05, 0) is 43.2 Å². The molecule has 4 heteroatoms. The minimum Gasteiger partial charge on any atom is -0.445 e. The normalized spacial score (nSPS) is 20.8. The van der Waals surface area contributed by atoms with Crippen LogP contribution in [0.1, 0.15) is 36.8 Å². The minimum absolute atomic E-state index is 0.00473. The molecule has 0 aromatic heterocycles. The third kappa shape index (κ3) is 5.27. The summed E-state index contributed by atoms with van der Waals surface area (Å²) in [5.41, 5.74) is 3.88. The van der Waals surface area contributed by atoms with Crippen molar-refractivity contribution in [2.45, 2.75) is 50.8 Å². The number of nitrogens with zero attached hydrogens (tertiary/aromatic N) is 1. The summed E-state index contributed by atoms with van der Waals surface area (Å²) in [6.45, 7) is 1.47. The smallest absolute Gasteiger partial charge is 0.411 e. The molecule has 2 atom stereocenters. The molecule has 2 aliphatic rings. The summed E-state index contributed by atoms with van der Waals surface area (Å²) in [6.07, 6.45) is 7.50. The first-order valence-corrected chi connectivity index (χ1v) is 10.6. The molecule has 0 N–H and O–H groups in total. The van der Waals surface area contributed by atoms with E-state index in [1.807, 2.05) is 35.2 Å². The lowest BCUT2D eigenvalue weighted by atomic mass is 9.91. The third-order valence-corrected chi connectivity index (χ3v) is 5.75. The molecule has 0 aliphatic carbocycles. The van der Waals surface area contributed by atoms with Crippen LogP contribution in [-0.4, -0.2) is 36.3 Å². The van der Waals surface area contributed by atoms with Crippen LogP contribution in [0.5, 0.6) is 0 Å². The predicted molar refractivity (Wildman–Crippen MR) is 114 cm³/mol. The first-order valence-electron chi connectivity index (χ1n) is 10.6. The Hall–Kier alpha value is -2.59. The largest absolute Gasteiger partial charge is 0.445 e. The summed E-state index contributed by atoms with van der Waals surface area (Å²) in [6, 6.07) is 20.6. The van der Waals surface area contributed by atoms with E-state index in [9.17, 15) is 4.79 Å². The van der Waals surface area contributed by atoms with Crippen molar-refractivity contribution in [1.29, 1.82) is 0 Å². The number of benzene rings is 2. The van der Waals surface area contributed by atoms with Crippen LogP contribution in [0.2, 0.25) is 0 Å². The van der Waals surface area contributed by atoms with E-state index in [1.165, 1.54) is 24.0 Å². The highest BCUT2D eigenvalue weighted by atomic mass is 16.6. The number of fused-ring (bicyclic) bond motifs is 2. The molecule has 2 bridgehead atoms. The van der Waals surface area contributed by atoms with Gasteiger partial charge in [-0.15, -0.1) is 0 Å². The Morgan fingerprint density at radius 2 is 1.62 bits per heavy atom. The molecule has 1 saturated heterocycles. The fourth-order valence-electron chi connectivity index (χ4n) is 4.27. The first-order chi connectivity index (χ1) is 14.3. The summed E-state index contributed by atoms with van der Waals surface area (Å²) in [4.78, 5) is 14.6. The Kier molecular flexibility index (Phi) is 6.63. The van der Waals surface area contributed by atoms with Gasteiger partial charge in [-0.1, -0.05) is 72.3 Å². The lowest BCUT2D eigenvalue weighted by Crippen LogP contribution is -2.56. The summed E-state index contributed by atoms with van der Waals surface area (Å²) in [7, 11) is 0. The van der Waals surface area contributed by atoms with Crippen molar-refractivity contribution in [3.8, 4) is 0 Å². The van der Waals surface area contributed by atoms with Gasteiger partial charge < -0.3 is 9.47 Å². The standard InChI is InChI=1S/C25H29NO3/c27-25(29-17-21-12-5-2-6-13-21)26-23-15-22(16-24(26)19-28-18-23)14-8-7-11-20-9-3-1-4-10-20/h1-6,9-10,12-13,15,23-24H,7-8,11,14,16-19H2. The Morgan fingerprint density at radius 3 is 2.34 bits per heavy atom. The molecule has 2 aromatic rings. The summed E-state index contributed by atoms with van der Waals surface area (Å²) >= 11 is 0. The van der Waals surface area contributed by atoms with Crippen molar-refractivity contribution in [3.63, 3.8) is 0 Å². The van der Waals surface area contributed by atoms with E-state index >= 15 is 0 Å². The van der Waals surface area contributed by atoms with Crippen LogP contribution >= 0.6 is 0 Å². The minimum atomic E-state index is -0.230. The maximum atomic E-state index is 12.7. The fourth-order valence-corrected chi connectivity index (χ4v) is 4.27. The fraction of sp³-hybridized carbons (Fsp3) is 0.400. The molecule has 1 amide bonds. The van der Waals surface area contributed by atoms with E-state index in [4.69, 9.17) is 9.47 Å². The molecule has 2 aromatic carbocycles. The molecule has 2 aliphatic heterocycles. The van der Waals surface area contributed by atoms with Crippen molar-refractivity contribution in [1.82, 2.24) is 4.90 Å². The number of morpholine rings is 1. The second-order valence-electron chi connectivity index (χ2n) is 7.93. The van der Waals surface area contributed by atoms with Gasteiger partial charge in [0.15, 0.2) is 0 Å². The average molecular weight is 392 g/mol. The van der Waals surface area contributed by atoms with Crippen LogP contribution < -0.4 is 0 Å². The van der Waals surface area contributed by atoms with Crippen LogP contribution in [0, 0.1) is 0 Å². The number of hydrogen-bond acceptors (Lipinski definition) is 3. The van der Waals surface area contributed by atoms with Gasteiger partial charge >= 0.3 is 6.09 Å². The molecule has 2 heterocycles. The van der Waals surface area contributed by atoms with Crippen molar-refractivity contribution in [3.05, 3.63) is 83.4 Å². The summed E-state index contributed by atoms with van der Waals surface area (Å²) < 4.78 is 11.3. The van der Waals surface area contributed by atoms with E-state index in [0.29, 0.717) is 19.8 Å². The third-order valence-electron chi connectivity index (χ3n) is 5.75. The van der Waals surface area contributed by atoms with Gasteiger partial charge in [0.05, 0.1) is 25.3 Å². The highest BCUT2D eigenvalue weighted by molar-refractivity contribution is 5.69. The topological polar surface area (TPSA) is 38.8 Å². The highest BCUT2D eigenvalue weighted by Crippen LogP contribution is 2.30. The molecule has 1 fully saturated rings. The quantitative estimate of drug-likeness (QED) is 0.485. The van der Waals surface area contributed by atoms with E-state index in [0.717, 1.165) is 24.8 Å². The van der Waals surface area contributed by atoms with Gasteiger partial charge in [-0.25, -0.2) is 4.79 Å². The summed E-state index contributed by atoms with van der Waals surface area (Å²) in [5, 5.41) is 0. The maximum absolute atomic E-state index is 12.7. The maximum Gasteiger partial charge on any atom is 0.411 e. The van der Waals surface area contributed by atoms with Gasteiger partial charge in [0, 0.05) is 0 Å². The molecular weight excluding hydrogens is 362 g/mol. The SMILES string of the molecule is O=C(OCc1ccccc1)N1C2C=C(CCCCc3ccccc3)CC1COC2. The van der Waals surface area contributed by atoms with Gasteiger partial charge in [-0.3, -0.25) is 4.90 Å². The zero-order valence-corrected chi connectivity index (χ0v) is 16.8. The number of carbonyl (C=O) groups excluding carboxylic acids is 1. The monoisotopic (exact) mass is 391 g/mol. The lowest BCUT2D eigenvalue weighted by molar-refractivity contribution is -0.0375. The average Bonchev–Trinajstić information content (AvgIpc) is 2.76. The molecule has 4 nitrogen and oxygen atoms in total. The number of ether oxygens (including phenoxy) is 2. The molecular formula is C25H29NO3. The number of aryl methyl sites for hydroxylation is 1. The molecule has 4 rings (SSSR count). The van der Waals surface area contributed by atoms with Gasteiger partial charge in [0.25, 0.3) is 0 Å².